The third kappa shape index (κ3) is 11.0. The highest BCUT2D eigenvalue weighted by atomic mass is 16.1. The Balaban J connectivity index is 0.0000000938. The SMILES string of the molecule is O=c1c2cccc3cccc(c32)c2nc3c(-c4ccccc4)cc(-c4ccccc4)cc3n12.O=c1c2cccc3cccc(c32)c2nc3cc(-c4ccccc4)cc(-c4ccccc4)c3n12.O=c1c2cccc3cccc(c32)c2nc3cc(-c4ccccc4)ccc3n12.O=c1c2cccc3cccc(c32)c2nc3ccc(-c4ccccc4)cc3n12. The van der Waals surface area contributed by atoms with Gasteiger partial charge in [0, 0.05) is 75.8 Å². The fourth-order valence-electron chi connectivity index (χ4n) is 18.3. The van der Waals surface area contributed by atoms with Gasteiger partial charge in [-0.15, -0.1) is 0 Å². The molecule has 0 radical (unpaired) electrons. The maximum atomic E-state index is 13.8. The lowest BCUT2D eigenvalue weighted by Gasteiger charge is -2.10. The lowest BCUT2D eigenvalue weighted by molar-refractivity contribution is 1.19. The first-order valence-corrected chi connectivity index (χ1v) is 40.0. The van der Waals surface area contributed by atoms with E-state index < -0.39 is 0 Å². The van der Waals surface area contributed by atoms with Gasteiger partial charge in [0.1, 0.15) is 22.6 Å². The van der Waals surface area contributed by atoms with Crippen molar-refractivity contribution in [2.24, 2.45) is 0 Å². The van der Waals surface area contributed by atoms with Crippen LogP contribution in [-0.4, -0.2) is 37.5 Å². The highest BCUT2D eigenvalue weighted by Crippen LogP contribution is 2.41. The van der Waals surface area contributed by atoms with E-state index in [0.717, 1.165) is 208 Å². The van der Waals surface area contributed by atoms with Gasteiger partial charge in [0.25, 0.3) is 22.2 Å². The molecule has 0 bridgehead atoms. The van der Waals surface area contributed by atoms with Crippen LogP contribution in [0.1, 0.15) is 0 Å². The van der Waals surface area contributed by atoms with Gasteiger partial charge in [-0.2, -0.15) is 0 Å². The molecule has 0 saturated heterocycles. The Morgan fingerprint density at radius 2 is 0.483 bits per heavy atom. The summed E-state index contributed by atoms with van der Waals surface area (Å²) in [5.74, 6) is 0. The summed E-state index contributed by atoms with van der Waals surface area (Å²) < 4.78 is 7.12. The van der Waals surface area contributed by atoms with Crippen molar-refractivity contribution in [2.45, 2.75) is 0 Å². The van der Waals surface area contributed by atoms with Gasteiger partial charge in [0.2, 0.25) is 0 Å². The fourth-order valence-corrected chi connectivity index (χ4v) is 18.3. The smallest absolute Gasteiger partial charge is 0.264 e. The summed E-state index contributed by atoms with van der Waals surface area (Å²) in [6, 6.07) is 131. The topological polar surface area (TPSA) is 137 Å². The van der Waals surface area contributed by atoms with Crippen LogP contribution in [0.15, 0.2) is 407 Å². The van der Waals surface area contributed by atoms with Crippen LogP contribution in [0.25, 0.3) is 220 Å². The van der Waals surface area contributed by atoms with Crippen LogP contribution in [0.3, 0.4) is 0 Å². The van der Waals surface area contributed by atoms with Crippen LogP contribution in [-0.2, 0) is 0 Å². The lowest BCUT2D eigenvalue weighted by Crippen LogP contribution is -2.13. The van der Waals surface area contributed by atoms with E-state index in [-0.39, 0.29) is 22.2 Å². The minimum atomic E-state index is -0.0268. The second kappa shape index (κ2) is 27.7. The summed E-state index contributed by atoms with van der Waals surface area (Å²) in [4.78, 5) is 74.0. The summed E-state index contributed by atoms with van der Waals surface area (Å²) >= 11 is 0. The van der Waals surface area contributed by atoms with Crippen molar-refractivity contribution in [2.75, 3.05) is 0 Å². The van der Waals surface area contributed by atoms with Crippen molar-refractivity contribution in [1.82, 2.24) is 37.5 Å². The molecule has 12 heteroatoms. The van der Waals surface area contributed by atoms with E-state index in [4.69, 9.17) is 19.9 Å². The van der Waals surface area contributed by atoms with Crippen LogP contribution < -0.4 is 22.2 Å². The molecular weight excluding hydrogens is 1470 g/mol. The second-order valence-electron chi connectivity index (χ2n) is 30.5. The molecule has 560 valence electrons. The summed E-state index contributed by atoms with van der Waals surface area (Å²) in [5, 5.41) is 15.2. The van der Waals surface area contributed by atoms with E-state index >= 15 is 0 Å². The molecule has 0 saturated carbocycles. The molecule has 26 aromatic rings. The van der Waals surface area contributed by atoms with Gasteiger partial charge in [-0.25, -0.2) is 19.9 Å². The van der Waals surface area contributed by atoms with Crippen molar-refractivity contribution in [3.05, 3.63) is 430 Å². The number of aromatic nitrogens is 8. The van der Waals surface area contributed by atoms with Gasteiger partial charge in [-0.05, 0) is 150 Å². The standard InChI is InChI=1S/2C30H18N2O.2C24H14N2O/c33-30-24-16-8-14-21-13-7-15-23(27(21)24)29-31-28-25(20-11-5-2-6-12-20)17-22(18-26(28)32(29)30)19-9-3-1-4-10-19;33-30-24-16-8-14-21-13-7-15-23(27(21)24)29-31-26-18-22(19-9-3-1-4-10-19)17-25(28(26)32(29)30)20-11-5-2-6-12-20;27-24-19-11-5-9-16-8-4-10-18(22(16)19)23-25-20-14-17(12-13-21(20)26(23)24)15-6-2-1-3-7-15;27-24-19-11-5-9-16-8-4-10-18(22(16)19)23-25-20-13-12-17(14-21(20)26(23)24)15-6-2-1-3-7-15/h2*1-18H;2*1-14H. The molecule has 12 nitrogen and oxygen atoms in total. The number of fused-ring (bicyclic) bond motifs is 16. The minimum Gasteiger partial charge on any atom is -0.268 e. The minimum absolute atomic E-state index is 0.00994. The monoisotopic (exact) mass is 1540 g/mol. The second-order valence-corrected chi connectivity index (χ2v) is 30.5. The van der Waals surface area contributed by atoms with Crippen molar-refractivity contribution in [3.63, 3.8) is 0 Å². The van der Waals surface area contributed by atoms with Crippen molar-refractivity contribution in [3.8, 4) is 66.8 Å². The molecule has 0 spiro atoms. The molecule has 0 unspecified atom stereocenters. The molecule has 0 fully saturated rings. The molecule has 0 amide bonds. The van der Waals surface area contributed by atoms with Crippen LogP contribution in [0, 0.1) is 0 Å². The predicted octanol–water partition coefficient (Wildman–Crippen LogP) is 24.4. The first kappa shape index (κ1) is 69.1. The molecule has 0 atom stereocenters. The van der Waals surface area contributed by atoms with Crippen LogP contribution >= 0.6 is 0 Å². The van der Waals surface area contributed by atoms with E-state index in [0.29, 0.717) is 11.3 Å². The zero-order chi connectivity index (χ0) is 79.8. The number of hydrogen-bond donors (Lipinski definition) is 0. The maximum Gasteiger partial charge on any atom is 0.264 e. The van der Waals surface area contributed by atoms with Gasteiger partial charge >= 0.3 is 0 Å². The number of imidazole rings is 4. The molecule has 0 aliphatic carbocycles. The molecule has 18 aromatic carbocycles. The Morgan fingerprint density at radius 1 is 0.183 bits per heavy atom. The number of benzene rings is 18. The molecule has 120 heavy (non-hydrogen) atoms. The average molecular weight is 1540 g/mol. The van der Waals surface area contributed by atoms with Crippen LogP contribution in [0.5, 0.6) is 0 Å². The van der Waals surface area contributed by atoms with E-state index in [1.54, 1.807) is 13.2 Å². The summed E-state index contributed by atoms with van der Waals surface area (Å²) in [7, 11) is 0. The number of pyridine rings is 4. The predicted molar refractivity (Wildman–Crippen MR) is 493 cm³/mol. The van der Waals surface area contributed by atoms with Gasteiger partial charge in [0.15, 0.2) is 0 Å². The zero-order valence-corrected chi connectivity index (χ0v) is 64.2. The molecule has 0 aliphatic heterocycles. The summed E-state index contributed by atoms with van der Waals surface area (Å²) in [6.45, 7) is 0. The van der Waals surface area contributed by atoms with Gasteiger partial charge < -0.3 is 0 Å². The van der Waals surface area contributed by atoms with Crippen molar-refractivity contribution in [1.29, 1.82) is 0 Å². The molecule has 0 N–H and O–H groups in total. The van der Waals surface area contributed by atoms with E-state index in [1.165, 1.54) is 0 Å². The maximum absolute atomic E-state index is 13.8. The summed E-state index contributed by atoms with van der Waals surface area (Å²) in [6.07, 6.45) is 0. The van der Waals surface area contributed by atoms with Gasteiger partial charge in [-0.3, -0.25) is 36.8 Å². The summed E-state index contributed by atoms with van der Waals surface area (Å²) in [5.41, 5.74) is 22.5. The Labute approximate surface area is 682 Å². The lowest BCUT2D eigenvalue weighted by atomic mass is 9.97. The zero-order valence-electron chi connectivity index (χ0n) is 64.2. The van der Waals surface area contributed by atoms with Crippen LogP contribution in [0.4, 0.5) is 0 Å². The highest BCUT2D eigenvalue weighted by Gasteiger charge is 2.25. The first-order valence-electron chi connectivity index (χ1n) is 40.0. The third-order valence-electron chi connectivity index (χ3n) is 23.7. The molecular formula is C108H64N8O4. The van der Waals surface area contributed by atoms with Gasteiger partial charge in [-0.1, -0.05) is 315 Å². The Hall–Kier alpha value is -16.4. The Bertz CT molecular complexity index is 8750. The average Bonchev–Trinajstić information content (AvgIpc) is 1.56. The van der Waals surface area contributed by atoms with E-state index in [2.05, 4.69) is 158 Å². The number of rotatable bonds is 6. The quantitative estimate of drug-likeness (QED) is 0.160. The van der Waals surface area contributed by atoms with Crippen LogP contribution in [0.2, 0.25) is 0 Å². The molecule has 8 heterocycles. The van der Waals surface area contributed by atoms with Gasteiger partial charge in [0.05, 0.1) is 44.1 Å². The van der Waals surface area contributed by atoms with Crippen molar-refractivity contribution < 1.29 is 0 Å². The molecule has 8 aromatic heterocycles. The molecule has 26 rings (SSSR count). The van der Waals surface area contributed by atoms with E-state index in [9.17, 15) is 19.2 Å². The fraction of sp³-hybridized carbons (Fsp3) is 0. The van der Waals surface area contributed by atoms with E-state index in [1.807, 2.05) is 235 Å². The Morgan fingerprint density at radius 3 is 0.925 bits per heavy atom. The first-order chi connectivity index (χ1) is 59.2. The normalized spacial score (nSPS) is 11.8. The molecule has 0 aliphatic rings. The third-order valence-corrected chi connectivity index (χ3v) is 23.7. The largest absolute Gasteiger partial charge is 0.268 e. The highest BCUT2D eigenvalue weighted by molar-refractivity contribution is 6.20. The Kier molecular flexibility index (Phi) is 15.9. The van der Waals surface area contributed by atoms with Crippen molar-refractivity contribution >= 4 is 153 Å². The number of hydrogen-bond acceptors (Lipinski definition) is 8. The number of nitrogens with zero attached hydrogens (tertiary/aromatic N) is 8.